The highest BCUT2D eigenvalue weighted by atomic mass is 16.5. The van der Waals surface area contributed by atoms with E-state index < -0.39 is 5.97 Å². The lowest BCUT2D eigenvalue weighted by Crippen LogP contribution is -1.98. The summed E-state index contributed by atoms with van der Waals surface area (Å²) in [7, 11) is 1.34. The summed E-state index contributed by atoms with van der Waals surface area (Å²) in [6.45, 7) is 3.87. The fraction of sp³-hybridized carbons (Fsp3) is 0.214. The molecular weight excluding hydrogens is 216 g/mol. The van der Waals surface area contributed by atoms with Gasteiger partial charge in [0.25, 0.3) is 0 Å². The van der Waals surface area contributed by atoms with Crippen molar-refractivity contribution in [3.8, 4) is 11.1 Å². The molecule has 0 saturated carbocycles. The zero-order valence-electron chi connectivity index (χ0n) is 10.1. The molecule has 0 fully saturated rings. The second kappa shape index (κ2) is 4.45. The fourth-order valence-electron chi connectivity index (χ4n) is 1.78. The van der Waals surface area contributed by atoms with Crippen LogP contribution in [0.5, 0.6) is 0 Å². The lowest BCUT2D eigenvalue weighted by molar-refractivity contribution is 0.0563. The Labute approximate surface area is 100 Å². The van der Waals surface area contributed by atoms with Crippen molar-refractivity contribution < 1.29 is 13.9 Å². The number of rotatable bonds is 2. The van der Waals surface area contributed by atoms with E-state index in [1.807, 2.05) is 32.0 Å². The molecular formula is C14H14O3. The van der Waals surface area contributed by atoms with Crippen molar-refractivity contribution in [3.05, 3.63) is 47.4 Å². The van der Waals surface area contributed by atoms with Gasteiger partial charge in [-0.2, -0.15) is 0 Å². The number of carbonyl (C=O) groups is 1. The van der Waals surface area contributed by atoms with Crippen molar-refractivity contribution in [1.82, 2.24) is 0 Å². The molecule has 0 saturated heterocycles. The van der Waals surface area contributed by atoms with Crippen LogP contribution in [0.3, 0.4) is 0 Å². The van der Waals surface area contributed by atoms with Gasteiger partial charge in [0, 0.05) is 5.56 Å². The van der Waals surface area contributed by atoms with E-state index in [1.165, 1.54) is 12.7 Å². The summed E-state index contributed by atoms with van der Waals surface area (Å²) in [5, 5.41) is 0. The number of esters is 1. The smallest absolute Gasteiger partial charge is 0.373 e. The molecule has 0 atom stereocenters. The Hall–Kier alpha value is -2.03. The first-order valence-electron chi connectivity index (χ1n) is 5.37. The van der Waals surface area contributed by atoms with Gasteiger partial charge in [-0.15, -0.1) is 0 Å². The molecule has 1 heterocycles. The second-order valence-corrected chi connectivity index (χ2v) is 3.94. The fourth-order valence-corrected chi connectivity index (χ4v) is 1.78. The van der Waals surface area contributed by atoms with Gasteiger partial charge in [0.2, 0.25) is 5.76 Å². The molecule has 3 heteroatoms. The van der Waals surface area contributed by atoms with Crippen LogP contribution in [-0.4, -0.2) is 13.1 Å². The van der Waals surface area contributed by atoms with Crippen LogP contribution >= 0.6 is 0 Å². The van der Waals surface area contributed by atoms with Crippen LogP contribution < -0.4 is 0 Å². The molecule has 0 unspecified atom stereocenters. The predicted octanol–water partition coefficient (Wildman–Crippen LogP) is 3.35. The van der Waals surface area contributed by atoms with Crippen molar-refractivity contribution in [2.24, 2.45) is 0 Å². The normalized spacial score (nSPS) is 10.3. The van der Waals surface area contributed by atoms with E-state index in [9.17, 15) is 4.79 Å². The van der Waals surface area contributed by atoms with Crippen molar-refractivity contribution >= 4 is 5.97 Å². The van der Waals surface area contributed by atoms with Crippen LogP contribution in [0.2, 0.25) is 0 Å². The summed E-state index contributed by atoms with van der Waals surface area (Å²) in [5.74, 6) is 0.504. The minimum Gasteiger partial charge on any atom is -0.463 e. The molecule has 2 aromatic rings. The number of ether oxygens (including phenoxy) is 1. The van der Waals surface area contributed by atoms with Gasteiger partial charge in [0.05, 0.1) is 7.11 Å². The maximum atomic E-state index is 11.4. The molecule has 1 aromatic carbocycles. The van der Waals surface area contributed by atoms with Gasteiger partial charge < -0.3 is 9.15 Å². The average molecular weight is 230 g/mol. The van der Waals surface area contributed by atoms with E-state index in [0.29, 0.717) is 0 Å². The van der Waals surface area contributed by atoms with Gasteiger partial charge in [-0.3, -0.25) is 0 Å². The number of hydrogen-bond donors (Lipinski definition) is 0. The summed E-state index contributed by atoms with van der Waals surface area (Å²) >= 11 is 0. The van der Waals surface area contributed by atoms with Crippen molar-refractivity contribution in [2.75, 3.05) is 7.11 Å². The number of hydrogen-bond acceptors (Lipinski definition) is 3. The van der Waals surface area contributed by atoms with E-state index in [4.69, 9.17) is 4.42 Å². The predicted molar refractivity (Wildman–Crippen MR) is 65.0 cm³/mol. The summed E-state index contributed by atoms with van der Waals surface area (Å²) in [5.41, 5.74) is 3.14. The maximum Gasteiger partial charge on any atom is 0.373 e. The Kier molecular flexibility index (Phi) is 3.00. The third kappa shape index (κ3) is 2.23. The third-order valence-corrected chi connectivity index (χ3v) is 2.63. The lowest BCUT2D eigenvalue weighted by atomic mass is 10.0. The number of benzene rings is 1. The average Bonchev–Trinajstić information content (AvgIpc) is 2.70. The van der Waals surface area contributed by atoms with Crippen LogP contribution in [0.4, 0.5) is 0 Å². The Balaban J connectivity index is 2.46. The van der Waals surface area contributed by atoms with Crippen molar-refractivity contribution in [3.63, 3.8) is 0 Å². The Morgan fingerprint density at radius 1 is 1.24 bits per heavy atom. The van der Waals surface area contributed by atoms with Crippen LogP contribution in [-0.2, 0) is 4.74 Å². The molecule has 0 aliphatic heterocycles. The summed E-state index contributed by atoms with van der Waals surface area (Å²) in [6, 6.07) is 9.77. The first-order valence-corrected chi connectivity index (χ1v) is 5.37. The molecule has 0 radical (unpaired) electrons. The highest BCUT2D eigenvalue weighted by Gasteiger charge is 2.15. The van der Waals surface area contributed by atoms with Gasteiger partial charge in [-0.1, -0.05) is 29.8 Å². The van der Waals surface area contributed by atoms with Gasteiger partial charge in [-0.25, -0.2) is 4.79 Å². The highest BCUT2D eigenvalue weighted by molar-refractivity contribution is 5.88. The standard InChI is InChI=1S/C14H14O3/c1-9-5-4-6-11(7-9)12-8-13(14(15)16-3)17-10(12)2/h4-8H,1-3H3. The van der Waals surface area contributed by atoms with Crippen LogP contribution in [0.1, 0.15) is 21.9 Å². The Bertz CT molecular complexity index is 552. The van der Waals surface area contributed by atoms with E-state index in [0.717, 1.165) is 16.9 Å². The number of carbonyl (C=O) groups excluding carboxylic acids is 1. The zero-order chi connectivity index (χ0) is 12.4. The molecule has 17 heavy (non-hydrogen) atoms. The lowest BCUT2D eigenvalue weighted by Gasteiger charge is -1.99. The highest BCUT2D eigenvalue weighted by Crippen LogP contribution is 2.27. The number of aryl methyl sites for hydroxylation is 2. The molecule has 2 rings (SSSR count). The van der Waals surface area contributed by atoms with Gasteiger partial charge in [0.1, 0.15) is 5.76 Å². The molecule has 0 bridgehead atoms. The molecule has 0 amide bonds. The number of furan rings is 1. The monoisotopic (exact) mass is 230 g/mol. The largest absolute Gasteiger partial charge is 0.463 e. The summed E-state index contributed by atoms with van der Waals surface area (Å²) in [6.07, 6.45) is 0. The third-order valence-electron chi connectivity index (χ3n) is 2.63. The van der Waals surface area contributed by atoms with E-state index >= 15 is 0 Å². The van der Waals surface area contributed by atoms with Gasteiger partial charge >= 0.3 is 5.97 Å². The van der Waals surface area contributed by atoms with E-state index in [2.05, 4.69) is 10.8 Å². The molecule has 1 aromatic heterocycles. The Morgan fingerprint density at radius 3 is 2.65 bits per heavy atom. The summed E-state index contributed by atoms with van der Waals surface area (Å²) < 4.78 is 10.0. The van der Waals surface area contributed by atoms with Crippen LogP contribution in [0.15, 0.2) is 34.7 Å². The van der Waals surface area contributed by atoms with Crippen molar-refractivity contribution in [2.45, 2.75) is 13.8 Å². The van der Waals surface area contributed by atoms with Gasteiger partial charge in [0.15, 0.2) is 0 Å². The Morgan fingerprint density at radius 2 is 2.00 bits per heavy atom. The topological polar surface area (TPSA) is 39.4 Å². The minimum absolute atomic E-state index is 0.238. The molecule has 0 aliphatic rings. The van der Waals surface area contributed by atoms with Crippen LogP contribution in [0, 0.1) is 13.8 Å². The second-order valence-electron chi connectivity index (χ2n) is 3.94. The minimum atomic E-state index is -0.452. The molecule has 0 spiro atoms. The molecule has 3 nitrogen and oxygen atoms in total. The summed E-state index contributed by atoms with van der Waals surface area (Å²) in [4.78, 5) is 11.4. The van der Waals surface area contributed by atoms with E-state index in [-0.39, 0.29) is 5.76 Å². The van der Waals surface area contributed by atoms with Crippen LogP contribution in [0.25, 0.3) is 11.1 Å². The van der Waals surface area contributed by atoms with Gasteiger partial charge in [-0.05, 0) is 25.5 Å². The van der Waals surface area contributed by atoms with E-state index in [1.54, 1.807) is 6.07 Å². The SMILES string of the molecule is COC(=O)c1cc(-c2cccc(C)c2)c(C)o1. The zero-order valence-corrected chi connectivity index (χ0v) is 10.1. The molecule has 88 valence electrons. The van der Waals surface area contributed by atoms with Crippen molar-refractivity contribution in [1.29, 1.82) is 0 Å². The number of methoxy groups -OCH3 is 1. The molecule has 0 N–H and O–H groups in total. The molecule has 0 aliphatic carbocycles. The first kappa shape index (κ1) is 11.5. The first-order chi connectivity index (χ1) is 8.11. The maximum absolute atomic E-state index is 11.4. The quantitative estimate of drug-likeness (QED) is 0.743.